The van der Waals surface area contributed by atoms with Gasteiger partial charge < -0.3 is 14.2 Å². The first-order valence-corrected chi connectivity index (χ1v) is 4.14. The molecule has 0 fully saturated rings. The summed E-state index contributed by atoms with van der Waals surface area (Å²) in [6, 6.07) is 0. The van der Waals surface area contributed by atoms with Gasteiger partial charge in [0.15, 0.2) is 0 Å². The average Bonchev–Trinajstić information content (AvgIpc) is 2.12. The largest absolute Gasteiger partial charge is 0.463 e. The summed E-state index contributed by atoms with van der Waals surface area (Å²) in [4.78, 5) is 11.0. The normalized spacial score (nSPS) is 9.69. The van der Waals surface area contributed by atoms with E-state index in [1.807, 2.05) is 0 Å². The van der Waals surface area contributed by atoms with E-state index in [2.05, 4.69) is 6.58 Å². The van der Waals surface area contributed by atoms with Crippen molar-refractivity contribution in [2.45, 2.75) is 6.92 Å². The van der Waals surface area contributed by atoms with Crippen LogP contribution < -0.4 is 0 Å². The highest BCUT2D eigenvalue weighted by atomic mass is 16.5. The van der Waals surface area contributed by atoms with Gasteiger partial charge in [0.2, 0.25) is 0 Å². The SMILES string of the molecule is C=C(COCCOC)C(=O)OCC. The lowest BCUT2D eigenvalue weighted by molar-refractivity contribution is -0.139. The van der Waals surface area contributed by atoms with Crippen LogP contribution in [-0.2, 0) is 19.0 Å². The quantitative estimate of drug-likeness (QED) is 0.336. The fraction of sp³-hybridized carbons (Fsp3) is 0.667. The maximum Gasteiger partial charge on any atom is 0.335 e. The Morgan fingerprint density at radius 1 is 1.38 bits per heavy atom. The lowest BCUT2D eigenvalue weighted by Gasteiger charge is -2.05. The van der Waals surface area contributed by atoms with Gasteiger partial charge >= 0.3 is 5.97 Å². The van der Waals surface area contributed by atoms with Crippen LogP contribution in [0, 0.1) is 0 Å². The zero-order chi connectivity index (χ0) is 10.1. The van der Waals surface area contributed by atoms with Crippen molar-refractivity contribution in [3.05, 3.63) is 12.2 Å². The van der Waals surface area contributed by atoms with Crippen LogP contribution in [0.25, 0.3) is 0 Å². The summed E-state index contributed by atoms with van der Waals surface area (Å²) < 4.78 is 14.5. The lowest BCUT2D eigenvalue weighted by atomic mass is 10.3. The van der Waals surface area contributed by atoms with E-state index in [4.69, 9.17) is 14.2 Å². The Hall–Kier alpha value is -0.870. The summed E-state index contributed by atoms with van der Waals surface area (Å²) in [5.74, 6) is -0.403. The number of esters is 1. The Kier molecular flexibility index (Phi) is 7.24. The van der Waals surface area contributed by atoms with Gasteiger partial charge in [0.25, 0.3) is 0 Å². The van der Waals surface area contributed by atoms with Gasteiger partial charge in [-0.1, -0.05) is 6.58 Å². The minimum Gasteiger partial charge on any atom is -0.463 e. The molecule has 4 heteroatoms. The van der Waals surface area contributed by atoms with Gasteiger partial charge in [-0.05, 0) is 6.92 Å². The second-order valence-electron chi connectivity index (χ2n) is 2.37. The summed E-state index contributed by atoms with van der Waals surface area (Å²) in [6.07, 6.45) is 0. The molecule has 0 aromatic rings. The number of methoxy groups -OCH3 is 1. The maximum absolute atomic E-state index is 11.0. The molecule has 0 aromatic carbocycles. The fourth-order valence-corrected chi connectivity index (χ4v) is 0.630. The molecule has 0 N–H and O–H groups in total. The van der Waals surface area contributed by atoms with E-state index < -0.39 is 5.97 Å². The number of rotatable bonds is 7. The zero-order valence-electron chi connectivity index (χ0n) is 8.17. The number of hydrogen-bond acceptors (Lipinski definition) is 4. The van der Waals surface area contributed by atoms with Crippen LogP contribution in [0.1, 0.15) is 6.92 Å². The van der Waals surface area contributed by atoms with Gasteiger partial charge in [-0.2, -0.15) is 0 Å². The highest BCUT2D eigenvalue weighted by Gasteiger charge is 2.06. The molecule has 0 atom stereocenters. The first-order valence-electron chi connectivity index (χ1n) is 4.14. The minimum absolute atomic E-state index is 0.197. The van der Waals surface area contributed by atoms with Crippen molar-refractivity contribution < 1.29 is 19.0 Å². The Bertz CT molecular complexity index is 165. The van der Waals surface area contributed by atoms with Crippen molar-refractivity contribution in [2.75, 3.05) is 33.5 Å². The second kappa shape index (κ2) is 7.76. The van der Waals surface area contributed by atoms with Crippen LogP contribution in [0.15, 0.2) is 12.2 Å². The van der Waals surface area contributed by atoms with Crippen LogP contribution >= 0.6 is 0 Å². The molecule has 0 saturated heterocycles. The van der Waals surface area contributed by atoms with E-state index in [1.165, 1.54) is 0 Å². The van der Waals surface area contributed by atoms with Crippen LogP contribution in [0.3, 0.4) is 0 Å². The number of carbonyl (C=O) groups is 1. The van der Waals surface area contributed by atoms with Crippen molar-refractivity contribution in [2.24, 2.45) is 0 Å². The average molecular weight is 188 g/mol. The van der Waals surface area contributed by atoms with E-state index in [-0.39, 0.29) is 6.61 Å². The summed E-state index contributed by atoms with van der Waals surface area (Å²) in [5.41, 5.74) is 0.331. The third kappa shape index (κ3) is 6.31. The number of hydrogen-bond donors (Lipinski definition) is 0. The highest BCUT2D eigenvalue weighted by Crippen LogP contribution is 1.95. The van der Waals surface area contributed by atoms with Crippen LogP contribution in [0.2, 0.25) is 0 Å². The molecular weight excluding hydrogens is 172 g/mol. The summed E-state index contributed by atoms with van der Waals surface area (Å²) >= 11 is 0. The van der Waals surface area contributed by atoms with Crippen LogP contribution in [0.5, 0.6) is 0 Å². The van der Waals surface area contributed by atoms with Gasteiger partial charge in [-0.25, -0.2) is 4.79 Å². The molecule has 0 heterocycles. The van der Waals surface area contributed by atoms with Crippen LogP contribution in [-0.4, -0.2) is 39.5 Å². The fourth-order valence-electron chi connectivity index (χ4n) is 0.630. The minimum atomic E-state index is -0.403. The number of carbonyl (C=O) groups excluding carboxylic acids is 1. The predicted octanol–water partition coefficient (Wildman–Crippen LogP) is 0.769. The van der Waals surface area contributed by atoms with E-state index in [1.54, 1.807) is 14.0 Å². The third-order valence-electron chi connectivity index (χ3n) is 1.27. The topological polar surface area (TPSA) is 44.8 Å². The van der Waals surface area contributed by atoms with Gasteiger partial charge in [-0.15, -0.1) is 0 Å². The summed E-state index contributed by atoms with van der Waals surface area (Å²) in [5, 5.41) is 0. The second-order valence-corrected chi connectivity index (χ2v) is 2.37. The molecule has 0 rings (SSSR count). The van der Waals surface area contributed by atoms with Crippen molar-refractivity contribution in [1.29, 1.82) is 0 Å². The van der Waals surface area contributed by atoms with Gasteiger partial charge in [-0.3, -0.25) is 0 Å². The molecule has 0 aliphatic heterocycles. The maximum atomic E-state index is 11.0. The van der Waals surface area contributed by atoms with Crippen LogP contribution in [0.4, 0.5) is 0 Å². The van der Waals surface area contributed by atoms with Gasteiger partial charge in [0.1, 0.15) is 0 Å². The van der Waals surface area contributed by atoms with Crippen molar-refractivity contribution in [1.82, 2.24) is 0 Å². The molecule has 0 spiro atoms. The molecule has 4 nitrogen and oxygen atoms in total. The van der Waals surface area contributed by atoms with Crippen molar-refractivity contribution in [3.63, 3.8) is 0 Å². The molecule has 76 valence electrons. The molecular formula is C9H16O4. The molecule has 0 unspecified atom stereocenters. The first-order chi connectivity index (χ1) is 6.22. The van der Waals surface area contributed by atoms with Gasteiger partial charge in [0, 0.05) is 7.11 Å². The smallest absolute Gasteiger partial charge is 0.335 e. The Morgan fingerprint density at radius 3 is 2.62 bits per heavy atom. The molecule has 0 aromatic heterocycles. The van der Waals surface area contributed by atoms with E-state index in [0.29, 0.717) is 25.4 Å². The van der Waals surface area contributed by atoms with E-state index in [9.17, 15) is 4.79 Å². The Labute approximate surface area is 78.5 Å². The molecule has 13 heavy (non-hydrogen) atoms. The van der Waals surface area contributed by atoms with Crippen molar-refractivity contribution >= 4 is 5.97 Å². The molecule has 0 saturated carbocycles. The van der Waals surface area contributed by atoms with E-state index >= 15 is 0 Å². The third-order valence-corrected chi connectivity index (χ3v) is 1.27. The molecule has 0 bridgehead atoms. The summed E-state index contributed by atoms with van der Waals surface area (Å²) in [7, 11) is 1.59. The van der Waals surface area contributed by atoms with Gasteiger partial charge in [0.05, 0.1) is 32.0 Å². The number of ether oxygens (including phenoxy) is 3. The Morgan fingerprint density at radius 2 is 2.08 bits per heavy atom. The lowest BCUT2D eigenvalue weighted by Crippen LogP contribution is -2.13. The molecule has 0 aliphatic carbocycles. The summed E-state index contributed by atoms with van der Waals surface area (Å²) in [6.45, 7) is 6.79. The highest BCUT2D eigenvalue weighted by molar-refractivity contribution is 5.87. The molecule has 0 amide bonds. The Balaban J connectivity index is 3.44. The first kappa shape index (κ1) is 12.1. The zero-order valence-corrected chi connectivity index (χ0v) is 8.17. The molecule has 0 radical (unpaired) electrons. The monoisotopic (exact) mass is 188 g/mol. The van der Waals surface area contributed by atoms with Crippen molar-refractivity contribution in [3.8, 4) is 0 Å². The standard InChI is InChI=1S/C9H16O4/c1-4-13-9(10)8(2)7-12-6-5-11-3/h2,4-7H2,1,3H3. The van der Waals surface area contributed by atoms with E-state index in [0.717, 1.165) is 0 Å². The molecule has 0 aliphatic rings. The predicted molar refractivity (Wildman–Crippen MR) is 48.5 cm³/mol.